The first-order chi connectivity index (χ1) is 9.65. The van der Waals surface area contributed by atoms with Gasteiger partial charge in [0.2, 0.25) is 0 Å². The molecule has 1 amide bonds. The van der Waals surface area contributed by atoms with Crippen LogP contribution in [0.1, 0.15) is 11.1 Å². The van der Waals surface area contributed by atoms with Crippen LogP contribution < -0.4 is 5.32 Å². The minimum atomic E-state index is -0.694. The predicted molar refractivity (Wildman–Crippen MR) is 71.5 cm³/mol. The molecule has 0 fully saturated rings. The lowest BCUT2D eigenvalue weighted by molar-refractivity contribution is 0.139. The fraction of sp³-hybridized carbons (Fsp3) is 0.133. The molecule has 0 saturated carbocycles. The highest BCUT2D eigenvalue weighted by Gasteiger charge is 2.05. The van der Waals surface area contributed by atoms with E-state index in [4.69, 9.17) is 4.74 Å². The van der Waals surface area contributed by atoms with Crippen LogP contribution in [0.15, 0.2) is 48.5 Å². The summed E-state index contributed by atoms with van der Waals surface area (Å²) >= 11 is 0. The van der Waals surface area contributed by atoms with Gasteiger partial charge in [-0.2, -0.15) is 0 Å². The molecule has 0 aliphatic carbocycles. The minimum absolute atomic E-state index is 0.154. The lowest BCUT2D eigenvalue weighted by Crippen LogP contribution is -2.23. The van der Waals surface area contributed by atoms with E-state index in [-0.39, 0.29) is 13.2 Å². The Morgan fingerprint density at radius 3 is 2.60 bits per heavy atom. The molecule has 0 bridgehead atoms. The van der Waals surface area contributed by atoms with E-state index in [9.17, 15) is 14.3 Å². The average molecular weight is 275 g/mol. The number of phenols is 1. The molecule has 0 aliphatic rings. The van der Waals surface area contributed by atoms with E-state index in [1.807, 2.05) is 30.3 Å². The van der Waals surface area contributed by atoms with Crippen LogP contribution in [0.4, 0.5) is 9.18 Å². The normalized spacial score (nSPS) is 10.1. The number of carbonyl (C=O) groups excluding carboxylic acids is 1. The van der Waals surface area contributed by atoms with Gasteiger partial charge in [-0.1, -0.05) is 36.4 Å². The quantitative estimate of drug-likeness (QED) is 0.902. The molecule has 5 heteroatoms. The lowest BCUT2D eigenvalue weighted by atomic mass is 10.2. The van der Waals surface area contributed by atoms with E-state index in [0.717, 1.165) is 11.6 Å². The smallest absolute Gasteiger partial charge is 0.407 e. The summed E-state index contributed by atoms with van der Waals surface area (Å²) in [5, 5.41) is 11.7. The first kappa shape index (κ1) is 13.9. The van der Waals surface area contributed by atoms with E-state index in [1.54, 1.807) is 0 Å². The van der Waals surface area contributed by atoms with E-state index in [1.165, 1.54) is 12.1 Å². The van der Waals surface area contributed by atoms with Crippen molar-refractivity contribution in [2.24, 2.45) is 0 Å². The summed E-state index contributed by atoms with van der Waals surface area (Å²) in [6.45, 7) is 0.336. The molecule has 0 aromatic heterocycles. The molecular formula is C15H14FNO3. The Bertz CT molecular complexity index is 587. The van der Waals surface area contributed by atoms with Crippen molar-refractivity contribution in [3.63, 3.8) is 0 Å². The third-order valence-electron chi connectivity index (χ3n) is 2.66. The van der Waals surface area contributed by atoms with Crippen molar-refractivity contribution in [3.05, 3.63) is 65.5 Å². The molecule has 20 heavy (non-hydrogen) atoms. The van der Waals surface area contributed by atoms with Crippen LogP contribution in [0.2, 0.25) is 0 Å². The molecule has 0 heterocycles. The number of rotatable bonds is 4. The molecule has 0 atom stereocenters. The first-order valence-electron chi connectivity index (χ1n) is 6.07. The Morgan fingerprint density at radius 1 is 1.15 bits per heavy atom. The Morgan fingerprint density at radius 2 is 1.90 bits per heavy atom. The zero-order valence-electron chi connectivity index (χ0n) is 10.7. The van der Waals surface area contributed by atoms with Crippen molar-refractivity contribution in [1.82, 2.24) is 5.32 Å². The zero-order valence-corrected chi connectivity index (χ0v) is 10.7. The number of hydrogen-bond acceptors (Lipinski definition) is 3. The van der Waals surface area contributed by atoms with Gasteiger partial charge in [-0.3, -0.25) is 0 Å². The second-order valence-electron chi connectivity index (χ2n) is 4.20. The molecule has 2 rings (SSSR count). The van der Waals surface area contributed by atoms with Gasteiger partial charge in [0.1, 0.15) is 6.61 Å². The second kappa shape index (κ2) is 6.56. The monoisotopic (exact) mass is 275 g/mol. The maximum atomic E-state index is 12.8. The Labute approximate surface area is 115 Å². The molecule has 0 aliphatic heterocycles. The van der Waals surface area contributed by atoms with E-state index >= 15 is 0 Å². The molecule has 2 N–H and O–H groups in total. The summed E-state index contributed by atoms with van der Waals surface area (Å²) in [6.07, 6.45) is -0.572. The molecule has 2 aromatic carbocycles. The summed E-state index contributed by atoms with van der Waals surface area (Å²) < 4.78 is 17.9. The maximum Gasteiger partial charge on any atom is 0.407 e. The highest BCUT2D eigenvalue weighted by molar-refractivity contribution is 5.67. The van der Waals surface area contributed by atoms with Gasteiger partial charge in [0.15, 0.2) is 11.6 Å². The number of aromatic hydroxyl groups is 1. The van der Waals surface area contributed by atoms with Crippen LogP contribution in [0.5, 0.6) is 5.75 Å². The predicted octanol–water partition coefficient (Wildman–Crippen LogP) is 2.96. The summed E-state index contributed by atoms with van der Waals surface area (Å²) in [5.41, 5.74) is 1.47. The van der Waals surface area contributed by atoms with Crippen LogP contribution in [-0.4, -0.2) is 11.2 Å². The van der Waals surface area contributed by atoms with Crippen LogP contribution in [0, 0.1) is 5.82 Å². The standard InChI is InChI=1S/C15H14FNO3/c16-13-7-6-12(8-14(13)18)9-17-15(19)20-10-11-4-2-1-3-5-11/h1-8,18H,9-10H2,(H,17,19). The van der Waals surface area contributed by atoms with Gasteiger partial charge in [0.25, 0.3) is 0 Å². The maximum absolute atomic E-state index is 12.8. The van der Waals surface area contributed by atoms with Gasteiger partial charge in [-0.05, 0) is 23.3 Å². The fourth-order valence-electron chi connectivity index (χ4n) is 1.62. The molecule has 2 aromatic rings. The van der Waals surface area contributed by atoms with E-state index in [2.05, 4.69) is 5.32 Å². The Hall–Kier alpha value is -2.56. The second-order valence-corrected chi connectivity index (χ2v) is 4.20. The van der Waals surface area contributed by atoms with Gasteiger partial charge < -0.3 is 15.2 Å². The highest BCUT2D eigenvalue weighted by Crippen LogP contribution is 2.16. The third kappa shape index (κ3) is 3.98. The number of hydrogen-bond donors (Lipinski definition) is 2. The molecule has 104 valence electrons. The van der Waals surface area contributed by atoms with Crippen molar-refractivity contribution in [2.75, 3.05) is 0 Å². The van der Waals surface area contributed by atoms with Crippen LogP contribution in [-0.2, 0) is 17.9 Å². The first-order valence-corrected chi connectivity index (χ1v) is 6.07. The molecule has 0 unspecified atom stereocenters. The van der Waals surface area contributed by atoms with Crippen LogP contribution in [0.25, 0.3) is 0 Å². The summed E-state index contributed by atoms with van der Waals surface area (Å²) in [4.78, 5) is 11.5. The highest BCUT2D eigenvalue weighted by atomic mass is 19.1. The number of phenolic OH excluding ortho intramolecular Hbond substituents is 1. The van der Waals surface area contributed by atoms with Gasteiger partial charge in [0.05, 0.1) is 0 Å². The number of nitrogens with one attached hydrogen (secondary N) is 1. The minimum Gasteiger partial charge on any atom is -0.505 e. The molecule has 4 nitrogen and oxygen atoms in total. The number of benzene rings is 2. The zero-order chi connectivity index (χ0) is 14.4. The SMILES string of the molecule is O=C(NCc1ccc(F)c(O)c1)OCc1ccccc1. The number of alkyl carbamates (subject to hydrolysis) is 1. The van der Waals surface area contributed by atoms with E-state index < -0.39 is 17.7 Å². The van der Waals surface area contributed by atoms with Crippen LogP contribution >= 0.6 is 0 Å². The Balaban J connectivity index is 1.79. The largest absolute Gasteiger partial charge is 0.505 e. The lowest BCUT2D eigenvalue weighted by Gasteiger charge is -2.07. The van der Waals surface area contributed by atoms with Gasteiger partial charge >= 0.3 is 6.09 Å². The summed E-state index contributed by atoms with van der Waals surface area (Å²) in [7, 11) is 0. The molecule has 0 saturated heterocycles. The van der Waals surface area contributed by atoms with Gasteiger partial charge in [0, 0.05) is 6.54 Å². The summed E-state index contributed by atoms with van der Waals surface area (Å²) in [5.74, 6) is -1.14. The number of carbonyl (C=O) groups is 1. The topological polar surface area (TPSA) is 58.6 Å². The number of amides is 1. The fourth-order valence-corrected chi connectivity index (χ4v) is 1.62. The molecule has 0 radical (unpaired) electrons. The van der Waals surface area contributed by atoms with Crippen molar-refractivity contribution in [2.45, 2.75) is 13.2 Å². The summed E-state index contributed by atoms with van der Waals surface area (Å²) in [6, 6.07) is 13.2. The molecule has 0 spiro atoms. The van der Waals surface area contributed by atoms with Crippen molar-refractivity contribution >= 4 is 6.09 Å². The van der Waals surface area contributed by atoms with Crippen molar-refractivity contribution in [1.29, 1.82) is 0 Å². The van der Waals surface area contributed by atoms with Gasteiger partial charge in [-0.25, -0.2) is 9.18 Å². The number of ether oxygens (including phenoxy) is 1. The Kier molecular flexibility index (Phi) is 4.55. The third-order valence-corrected chi connectivity index (χ3v) is 2.66. The van der Waals surface area contributed by atoms with E-state index in [0.29, 0.717) is 5.56 Å². The molecular weight excluding hydrogens is 261 g/mol. The van der Waals surface area contributed by atoms with Crippen molar-refractivity contribution in [3.8, 4) is 5.75 Å². The van der Waals surface area contributed by atoms with Crippen molar-refractivity contribution < 1.29 is 19.0 Å². The van der Waals surface area contributed by atoms with Gasteiger partial charge in [-0.15, -0.1) is 0 Å². The average Bonchev–Trinajstić information content (AvgIpc) is 2.47. The van der Waals surface area contributed by atoms with Crippen LogP contribution in [0.3, 0.4) is 0 Å². The number of halogens is 1.